The lowest BCUT2D eigenvalue weighted by Crippen LogP contribution is -1.81. The Balaban J connectivity index is 2.11. The molecule has 0 spiro atoms. The molecule has 96 valence electrons. The third-order valence-corrected chi connectivity index (χ3v) is 3.27. The van der Waals surface area contributed by atoms with Crippen molar-refractivity contribution in [2.45, 2.75) is 0 Å². The molecular weight excluding hydrogens is 255 g/mol. The van der Waals surface area contributed by atoms with Gasteiger partial charge in [-0.25, -0.2) is 0 Å². The van der Waals surface area contributed by atoms with E-state index < -0.39 is 5.95 Å². The summed E-state index contributed by atoms with van der Waals surface area (Å²) in [5, 5.41) is 1.72. The molecule has 0 atom stereocenters. The average Bonchev–Trinajstić information content (AvgIpc) is 2.85. The number of para-hydroxylation sites is 1. The normalized spacial score (nSPS) is 11.2. The van der Waals surface area contributed by atoms with Gasteiger partial charge >= 0.3 is 0 Å². The van der Waals surface area contributed by atoms with E-state index in [1.165, 1.54) is 6.07 Å². The predicted octanol–water partition coefficient (Wildman–Crippen LogP) is 4.18. The molecule has 4 rings (SSSR count). The van der Waals surface area contributed by atoms with Crippen LogP contribution in [0, 0.1) is 5.95 Å². The molecule has 0 fully saturated rings. The fraction of sp³-hybridized carbons (Fsp3) is 0. The lowest BCUT2D eigenvalue weighted by atomic mass is 10.1. The van der Waals surface area contributed by atoms with E-state index in [0.29, 0.717) is 11.3 Å². The zero-order valence-corrected chi connectivity index (χ0v) is 10.4. The first-order valence-corrected chi connectivity index (χ1v) is 6.22. The van der Waals surface area contributed by atoms with Gasteiger partial charge in [0.15, 0.2) is 0 Å². The maximum Gasteiger partial charge on any atom is 0.229 e. The molecular formula is C16H9FN2O. The molecule has 0 aliphatic carbocycles. The van der Waals surface area contributed by atoms with Crippen LogP contribution in [0.4, 0.5) is 4.39 Å². The molecule has 0 amide bonds. The number of hydrogen-bond acceptors (Lipinski definition) is 3. The van der Waals surface area contributed by atoms with Gasteiger partial charge in [-0.2, -0.15) is 9.37 Å². The number of fused-ring (bicyclic) bond motifs is 3. The molecule has 3 aromatic heterocycles. The van der Waals surface area contributed by atoms with Crippen LogP contribution in [0.3, 0.4) is 0 Å². The maximum absolute atomic E-state index is 13.2. The van der Waals surface area contributed by atoms with E-state index >= 15 is 0 Å². The number of pyridine rings is 2. The number of nitrogens with zero attached hydrogens (tertiary/aromatic N) is 2. The first-order valence-electron chi connectivity index (χ1n) is 6.22. The van der Waals surface area contributed by atoms with Crippen molar-refractivity contribution in [2.75, 3.05) is 0 Å². The summed E-state index contributed by atoms with van der Waals surface area (Å²) in [7, 11) is 0. The highest BCUT2D eigenvalue weighted by Gasteiger charge is 2.13. The standard InChI is InChI=1S/C16H9FN2O/c17-14-8-7-11-10-4-3-5-12(13-6-1-2-9-18-13)15(10)20-16(11)19-14/h1-9H. The molecule has 0 bridgehead atoms. The van der Waals surface area contributed by atoms with Gasteiger partial charge in [-0.15, -0.1) is 0 Å². The molecule has 4 aromatic rings. The van der Waals surface area contributed by atoms with Crippen LogP contribution in [-0.2, 0) is 0 Å². The molecule has 20 heavy (non-hydrogen) atoms. The summed E-state index contributed by atoms with van der Waals surface area (Å²) in [4.78, 5) is 8.13. The van der Waals surface area contributed by atoms with Crippen LogP contribution < -0.4 is 0 Å². The number of furan rings is 1. The summed E-state index contributed by atoms with van der Waals surface area (Å²) < 4.78 is 18.9. The van der Waals surface area contributed by atoms with E-state index in [-0.39, 0.29) is 0 Å². The predicted molar refractivity (Wildman–Crippen MR) is 74.7 cm³/mol. The van der Waals surface area contributed by atoms with Crippen molar-refractivity contribution in [2.24, 2.45) is 0 Å². The first kappa shape index (κ1) is 11.1. The monoisotopic (exact) mass is 264 g/mol. The van der Waals surface area contributed by atoms with Crippen molar-refractivity contribution in [1.29, 1.82) is 0 Å². The van der Waals surface area contributed by atoms with Crippen LogP contribution in [0.25, 0.3) is 33.3 Å². The lowest BCUT2D eigenvalue weighted by molar-refractivity contribution is 0.569. The van der Waals surface area contributed by atoms with Gasteiger partial charge in [-0.1, -0.05) is 18.2 Å². The maximum atomic E-state index is 13.2. The second kappa shape index (κ2) is 4.13. The van der Waals surface area contributed by atoms with Gasteiger partial charge in [-0.05, 0) is 30.3 Å². The summed E-state index contributed by atoms with van der Waals surface area (Å²) in [5.74, 6) is -0.545. The minimum Gasteiger partial charge on any atom is -0.437 e. The fourth-order valence-corrected chi connectivity index (χ4v) is 2.38. The Morgan fingerprint density at radius 3 is 2.70 bits per heavy atom. The molecule has 0 saturated carbocycles. The minimum atomic E-state index is -0.545. The quantitative estimate of drug-likeness (QED) is 0.484. The van der Waals surface area contributed by atoms with E-state index in [2.05, 4.69) is 9.97 Å². The van der Waals surface area contributed by atoms with Crippen LogP contribution in [0.5, 0.6) is 0 Å². The molecule has 1 aromatic carbocycles. The third kappa shape index (κ3) is 1.58. The van der Waals surface area contributed by atoms with Crippen LogP contribution in [-0.4, -0.2) is 9.97 Å². The average molecular weight is 264 g/mol. The molecule has 3 heterocycles. The van der Waals surface area contributed by atoms with Crippen molar-refractivity contribution in [3.63, 3.8) is 0 Å². The molecule has 0 aliphatic rings. The van der Waals surface area contributed by atoms with Crippen LogP contribution in [0.2, 0.25) is 0 Å². The molecule has 0 unspecified atom stereocenters. The number of halogens is 1. The van der Waals surface area contributed by atoms with Crippen LogP contribution in [0.1, 0.15) is 0 Å². The van der Waals surface area contributed by atoms with Crippen molar-refractivity contribution < 1.29 is 8.81 Å². The first-order chi connectivity index (χ1) is 9.83. The van der Waals surface area contributed by atoms with Gasteiger partial charge in [0.2, 0.25) is 11.7 Å². The second-order valence-corrected chi connectivity index (χ2v) is 4.49. The van der Waals surface area contributed by atoms with Gasteiger partial charge in [-0.3, -0.25) is 4.98 Å². The molecule has 0 saturated heterocycles. The zero-order valence-electron chi connectivity index (χ0n) is 10.4. The molecule has 0 aliphatic heterocycles. The summed E-state index contributed by atoms with van der Waals surface area (Å²) in [6.45, 7) is 0. The van der Waals surface area contributed by atoms with Gasteiger partial charge < -0.3 is 4.42 Å². The van der Waals surface area contributed by atoms with E-state index in [4.69, 9.17) is 4.42 Å². The summed E-state index contributed by atoms with van der Waals surface area (Å²) in [5.41, 5.74) is 2.68. The van der Waals surface area contributed by atoms with Crippen LogP contribution in [0.15, 0.2) is 59.1 Å². The molecule has 4 heteroatoms. The Hall–Kier alpha value is -2.75. The van der Waals surface area contributed by atoms with Crippen LogP contribution >= 0.6 is 0 Å². The third-order valence-electron chi connectivity index (χ3n) is 3.27. The van der Waals surface area contributed by atoms with Gasteiger partial charge in [0.1, 0.15) is 5.58 Å². The summed E-state index contributed by atoms with van der Waals surface area (Å²) in [6, 6.07) is 14.5. The Bertz CT molecular complexity index is 916. The number of benzene rings is 1. The highest BCUT2D eigenvalue weighted by atomic mass is 19.1. The van der Waals surface area contributed by atoms with E-state index in [1.807, 2.05) is 36.4 Å². The van der Waals surface area contributed by atoms with Crippen molar-refractivity contribution in [1.82, 2.24) is 9.97 Å². The van der Waals surface area contributed by atoms with Gasteiger partial charge in [0.25, 0.3) is 0 Å². The largest absolute Gasteiger partial charge is 0.437 e. The van der Waals surface area contributed by atoms with Gasteiger partial charge in [0.05, 0.1) is 5.69 Å². The highest BCUT2D eigenvalue weighted by Crippen LogP contribution is 2.34. The zero-order chi connectivity index (χ0) is 13.5. The smallest absolute Gasteiger partial charge is 0.229 e. The van der Waals surface area contributed by atoms with Crippen molar-refractivity contribution >= 4 is 22.1 Å². The molecule has 0 radical (unpaired) electrons. The van der Waals surface area contributed by atoms with Crippen molar-refractivity contribution in [3.05, 3.63) is 60.7 Å². The lowest BCUT2D eigenvalue weighted by Gasteiger charge is -2.00. The highest BCUT2D eigenvalue weighted by molar-refractivity contribution is 6.08. The molecule has 0 N–H and O–H groups in total. The second-order valence-electron chi connectivity index (χ2n) is 4.49. The van der Waals surface area contributed by atoms with Crippen molar-refractivity contribution in [3.8, 4) is 11.3 Å². The van der Waals surface area contributed by atoms with E-state index in [1.54, 1.807) is 12.3 Å². The topological polar surface area (TPSA) is 38.9 Å². The van der Waals surface area contributed by atoms with E-state index in [0.717, 1.165) is 22.0 Å². The minimum absolute atomic E-state index is 0.309. The SMILES string of the molecule is Fc1ccc2c(n1)oc1c(-c3ccccn3)cccc12. The number of rotatable bonds is 1. The van der Waals surface area contributed by atoms with Gasteiger partial charge in [0, 0.05) is 22.5 Å². The molecule has 3 nitrogen and oxygen atoms in total. The summed E-state index contributed by atoms with van der Waals surface area (Å²) >= 11 is 0. The Morgan fingerprint density at radius 2 is 1.85 bits per heavy atom. The fourth-order valence-electron chi connectivity index (χ4n) is 2.38. The summed E-state index contributed by atoms with van der Waals surface area (Å²) in [6.07, 6.45) is 1.73. The number of hydrogen-bond donors (Lipinski definition) is 0. The Morgan fingerprint density at radius 1 is 0.900 bits per heavy atom. The Kier molecular flexibility index (Phi) is 2.29. The number of aromatic nitrogens is 2. The van der Waals surface area contributed by atoms with E-state index in [9.17, 15) is 4.39 Å². The Labute approximate surface area is 113 Å².